The maximum absolute atomic E-state index is 10.7. The van der Waals surface area contributed by atoms with E-state index in [4.69, 9.17) is 5.73 Å². The normalized spacial score (nSPS) is 12.3. The molecule has 0 radical (unpaired) electrons. The Balaban J connectivity index is 2.15. The molecule has 1 atom stereocenters. The average Bonchev–Trinajstić information content (AvgIpc) is 2.25. The Kier molecular flexibility index (Phi) is 4.77. The van der Waals surface area contributed by atoms with Crippen LogP contribution in [0.1, 0.15) is 12.5 Å². The van der Waals surface area contributed by atoms with Crippen LogP contribution in [0, 0.1) is 5.92 Å². The Morgan fingerprint density at radius 1 is 1.53 bits per heavy atom. The quantitative estimate of drug-likeness (QED) is 0.661. The van der Waals surface area contributed by atoms with Gasteiger partial charge in [-0.3, -0.25) is 9.78 Å². The molecule has 1 heterocycles. The van der Waals surface area contributed by atoms with Gasteiger partial charge in [-0.1, -0.05) is 6.92 Å². The maximum Gasteiger partial charge on any atom is 0.221 e. The topological polar surface area (TPSA) is 68.0 Å². The first-order valence-electron chi connectivity index (χ1n) is 5.09. The molecule has 0 aromatic carbocycles. The summed E-state index contributed by atoms with van der Waals surface area (Å²) in [6.45, 7) is 3.31. The summed E-state index contributed by atoms with van der Waals surface area (Å²) in [5.74, 6) is -0.367. The van der Waals surface area contributed by atoms with Crippen LogP contribution in [0.4, 0.5) is 0 Å². The maximum atomic E-state index is 10.7. The highest BCUT2D eigenvalue weighted by atomic mass is 16.1. The summed E-state index contributed by atoms with van der Waals surface area (Å²) in [5, 5.41) is 3.19. The van der Waals surface area contributed by atoms with Crippen LogP contribution < -0.4 is 11.1 Å². The molecule has 1 rings (SSSR count). The lowest BCUT2D eigenvalue weighted by atomic mass is 10.1. The van der Waals surface area contributed by atoms with Gasteiger partial charge in [-0.2, -0.15) is 0 Å². The molecule has 0 saturated carbocycles. The van der Waals surface area contributed by atoms with Gasteiger partial charge in [-0.15, -0.1) is 0 Å². The summed E-state index contributed by atoms with van der Waals surface area (Å²) in [6, 6.07) is 3.97. The van der Waals surface area contributed by atoms with Crippen molar-refractivity contribution in [2.24, 2.45) is 11.7 Å². The molecule has 0 fully saturated rings. The molecule has 1 aromatic rings. The average molecular weight is 207 g/mol. The number of rotatable bonds is 6. The number of hydrogen-bond donors (Lipinski definition) is 2. The fourth-order valence-corrected chi connectivity index (χ4v) is 1.20. The third-order valence-electron chi connectivity index (χ3n) is 2.28. The van der Waals surface area contributed by atoms with Gasteiger partial charge in [0.2, 0.25) is 5.91 Å². The van der Waals surface area contributed by atoms with E-state index >= 15 is 0 Å². The molecule has 0 spiro atoms. The molecule has 0 bridgehead atoms. The number of primary amides is 1. The highest BCUT2D eigenvalue weighted by molar-refractivity contribution is 5.76. The molecule has 0 saturated heterocycles. The van der Waals surface area contributed by atoms with E-state index in [1.54, 1.807) is 12.4 Å². The first-order valence-corrected chi connectivity index (χ1v) is 5.09. The Bertz CT molecular complexity index is 300. The standard InChI is InChI=1S/C11H17N3O/c1-9(11(12)15)8-14-7-4-10-2-5-13-6-3-10/h2-3,5-6,9,14H,4,7-8H2,1H3,(H2,12,15). The van der Waals surface area contributed by atoms with E-state index in [0.29, 0.717) is 6.54 Å². The summed E-state index contributed by atoms with van der Waals surface area (Å²) in [4.78, 5) is 14.7. The van der Waals surface area contributed by atoms with Crippen LogP contribution in [0.3, 0.4) is 0 Å². The van der Waals surface area contributed by atoms with Gasteiger partial charge in [0, 0.05) is 24.9 Å². The van der Waals surface area contributed by atoms with Crippen LogP contribution in [0.5, 0.6) is 0 Å². The van der Waals surface area contributed by atoms with Crippen molar-refractivity contribution >= 4 is 5.91 Å². The lowest BCUT2D eigenvalue weighted by Crippen LogP contribution is -2.31. The largest absolute Gasteiger partial charge is 0.369 e. The SMILES string of the molecule is CC(CNCCc1ccncc1)C(N)=O. The number of hydrogen-bond acceptors (Lipinski definition) is 3. The van der Waals surface area contributed by atoms with Crippen molar-refractivity contribution in [1.29, 1.82) is 0 Å². The second-order valence-corrected chi connectivity index (χ2v) is 3.61. The Morgan fingerprint density at radius 2 is 2.20 bits per heavy atom. The van der Waals surface area contributed by atoms with Crippen molar-refractivity contribution < 1.29 is 4.79 Å². The van der Waals surface area contributed by atoms with Crippen molar-refractivity contribution in [2.75, 3.05) is 13.1 Å². The Labute approximate surface area is 89.9 Å². The predicted molar refractivity (Wildman–Crippen MR) is 59.2 cm³/mol. The van der Waals surface area contributed by atoms with E-state index in [-0.39, 0.29) is 11.8 Å². The van der Waals surface area contributed by atoms with Gasteiger partial charge in [0.15, 0.2) is 0 Å². The fourth-order valence-electron chi connectivity index (χ4n) is 1.20. The zero-order chi connectivity index (χ0) is 11.1. The van der Waals surface area contributed by atoms with Crippen molar-refractivity contribution in [2.45, 2.75) is 13.3 Å². The number of pyridine rings is 1. The molecule has 15 heavy (non-hydrogen) atoms. The van der Waals surface area contributed by atoms with Gasteiger partial charge < -0.3 is 11.1 Å². The summed E-state index contributed by atoms with van der Waals surface area (Å²) in [7, 11) is 0. The molecule has 1 unspecified atom stereocenters. The van der Waals surface area contributed by atoms with Gasteiger partial charge in [-0.25, -0.2) is 0 Å². The van der Waals surface area contributed by atoms with E-state index in [1.807, 2.05) is 19.1 Å². The molecule has 1 amide bonds. The third kappa shape index (κ3) is 4.56. The number of nitrogens with two attached hydrogens (primary N) is 1. The molecule has 82 valence electrons. The molecule has 4 heteroatoms. The number of nitrogens with zero attached hydrogens (tertiary/aromatic N) is 1. The fraction of sp³-hybridized carbons (Fsp3) is 0.455. The number of nitrogens with one attached hydrogen (secondary N) is 1. The van der Waals surface area contributed by atoms with Crippen molar-refractivity contribution in [3.8, 4) is 0 Å². The van der Waals surface area contributed by atoms with Crippen LogP contribution in [-0.4, -0.2) is 24.0 Å². The van der Waals surface area contributed by atoms with E-state index < -0.39 is 0 Å². The molecular weight excluding hydrogens is 190 g/mol. The minimum absolute atomic E-state index is 0.109. The molecule has 0 aliphatic carbocycles. The lowest BCUT2D eigenvalue weighted by Gasteiger charge is -2.08. The first kappa shape index (κ1) is 11.7. The van der Waals surface area contributed by atoms with Gasteiger partial charge in [0.05, 0.1) is 0 Å². The minimum Gasteiger partial charge on any atom is -0.369 e. The second kappa shape index (κ2) is 6.14. The van der Waals surface area contributed by atoms with Gasteiger partial charge in [0.25, 0.3) is 0 Å². The van der Waals surface area contributed by atoms with Gasteiger partial charge >= 0.3 is 0 Å². The van der Waals surface area contributed by atoms with Crippen LogP contribution in [0.25, 0.3) is 0 Å². The summed E-state index contributed by atoms with van der Waals surface area (Å²) in [5.41, 5.74) is 6.38. The number of carbonyl (C=O) groups excluding carboxylic acids is 1. The summed E-state index contributed by atoms with van der Waals surface area (Å²) in [6.07, 6.45) is 4.50. The highest BCUT2D eigenvalue weighted by Gasteiger charge is 2.06. The van der Waals surface area contributed by atoms with E-state index in [1.165, 1.54) is 5.56 Å². The zero-order valence-corrected chi connectivity index (χ0v) is 8.94. The minimum atomic E-state index is -0.258. The van der Waals surface area contributed by atoms with E-state index in [0.717, 1.165) is 13.0 Å². The van der Waals surface area contributed by atoms with Crippen molar-refractivity contribution in [3.05, 3.63) is 30.1 Å². The Morgan fingerprint density at radius 3 is 2.80 bits per heavy atom. The van der Waals surface area contributed by atoms with E-state index in [9.17, 15) is 4.79 Å². The van der Waals surface area contributed by atoms with Crippen LogP contribution in [0.15, 0.2) is 24.5 Å². The predicted octanol–water partition coefficient (Wildman–Crippen LogP) is 0.335. The van der Waals surface area contributed by atoms with Crippen molar-refractivity contribution in [3.63, 3.8) is 0 Å². The second-order valence-electron chi connectivity index (χ2n) is 3.61. The molecular formula is C11H17N3O. The van der Waals surface area contributed by atoms with E-state index in [2.05, 4.69) is 10.3 Å². The van der Waals surface area contributed by atoms with Crippen LogP contribution in [0.2, 0.25) is 0 Å². The number of aromatic nitrogens is 1. The highest BCUT2D eigenvalue weighted by Crippen LogP contribution is 1.96. The summed E-state index contributed by atoms with van der Waals surface area (Å²) >= 11 is 0. The van der Waals surface area contributed by atoms with Crippen molar-refractivity contribution in [1.82, 2.24) is 10.3 Å². The van der Waals surface area contributed by atoms with Crippen LogP contribution >= 0.6 is 0 Å². The molecule has 0 aliphatic rings. The molecule has 3 N–H and O–H groups in total. The molecule has 1 aromatic heterocycles. The monoisotopic (exact) mass is 207 g/mol. The lowest BCUT2D eigenvalue weighted by molar-refractivity contribution is -0.121. The van der Waals surface area contributed by atoms with Crippen LogP contribution in [-0.2, 0) is 11.2 Å². The first-order chi connectivity index (χ1) is 7.20. The third-order valence-corrected chi connectivity index (χ3v) is 2.28. The number of amides is 1. The molecule has 4 nitrogen and oxygen atoms in total. The van der Waals surface area contributed by atoms with Gasteiger partial charge in [0.1, 0.15) is 0 Å². The zero-order valence-electron chi connectivity index (χ0n) is 8.94. The summed E-state index contributed by atoms with van der Waals surface area (Å²) < 4.78 is 0. The van der Waals surface area contributed by atoms with Gasteiger partial charge in [-0.05, 0) is 30.7 Å². The molecule has 0 aliphatic heterocycles. The smallest absolute Gasteiger partial charge is 0.221 e. The number of carbonyl (C=O) groups is 1. The Hall–Kier alpha value is -1.42.